The molecule has 0 amide bonds. The zero-order valence-electron chi connectivity index (χ0n) is 44.9. The largest absolute Gasteiger partial charge is 0.459 e. The van der Waals surface area contributed by atoms with Gasteiger partial charge < -0.3 is 52.1 Å². The number of hydrogen-bond donors (Lipinski definition) is 0. The Labute approximate surface area is 481 Å². The summed E-state index contributed by atoms with van der Waals surface area (Å²) in [5.74, 6) is -10.8. The van der Waals surface area contributed by atoms with Crippen LogP contribution in [0.1, 0.15) is 79.4 Å². The van der Waals surface area contributed by atoms with Gasteiger partial charge in [0.05, 0.1) is 38.9 Å². The molecule has 0 radical (unpaired) electrons. The fourth-order valence-electron chi connectivity index (χ4n) is 8.95. The van der Waals surface area contributed by atoms with E-state index in [0.29, 0.717) is 0 Å². The molecule has 0 N–H and O–H groups in total. The highest BCUT2D eigenvalue weighted by Crippen LogP contribution is 2.43. The fraction of sp³-hybridized carbons (Fsp3) is 0.200. The minimum Gasteiger partial charge on any atom is -0.459 e. The number of carbonyl (C=O) groups is 8. The summed E-state index contributed by atoms with van der Waals surface area (Å²) >= 11 is 0. The van der Waals surface area contributed by atoms with E-state index < -0.39 is 122 Å². The Bertz CT molecular complexity index is 3420. The molecule has 2 heterocycles. The summed E-state index contributed by atoms with van der Waals surface area (Å²) in [6.45, 7) is 2.35. The Kier molecular flexibility index (Phi) is 19.2. The van der Waals surface area contributed by atoms with E-state index in [4.69, 9.17) is 52.1 Å². The van der Waals surface area contributed by atoms with E-state index in [2.05, 4.69) is 6.58 Å². The third-order valence-corrected chi connectivity index (χ3v) is 13.1. The number of carbonyl (C=O) groups excluding carboxylic acids is 8. The number of benzene rings is 7. The van der Waals surface area contributed by atoms with Gasteiger partial charge in [0.25, 0.3) is 0 Å². The van der Waals surface area contributed by atoms with Gasteiger partial charge in [0.2, 0.25) is 12.1 Å². The normalized spacial score (nSPS) is 21.5. The summed E-state index contributed by atoms with van der Waals surface area (Å²) < 4.78 is 69.4. The Balaban J connectivity index is 1.24. The first kappa shape index (κ1) is 58.6. The van der Waals surface area contributed by atoms with Crippen LogP contribution in [0.5, 0.6) is 0 Å². The van der Waals surface area contributed by atoms with Crippen LogP contribution in [0.15, 0.2) is 224 Å². The third-order valence-electron chi connectivity index (χ3n) is 13.1. The van der Waals surface area contributed by atoms with Crippen LogP contribution >= 0.6 is 0 Å². The summed E-state index contributed by atoms with van der Waals surface area (Å²) in [7, 11) is 0. The fourth-order valence-corrected chi connectivity index (χ4v) is 8.95. The van der Waals surface area contributed by atoms with Gasteiger partial charge in [-0.2, -0.15) is 0 Å². The van der Waals surface area contributed by atoms with Crippen molar-refractivity contribution in [2.75, 3.05) is 19.8 Å². The molecule has 9 rings (SSSR count). The lowest BCUT2D eigenvalue weighted by Crippen LogP contribution is -2.66. The second kappa shape index (κ2) is 27.6. The van der Waals surface area contributed by atoms with Crippen LogP contribution in [0.4, 0.5) is 0 Å². The molecule has 84 heavy (non-hydrogen) atoms. The number of esters is 8. The van der Waals surface area contributed by atoms with Crippen molar-refractivity contribution in [2.45, 2.75) is 61.7 Å². The molecule has 0 aromatic heterocycles. The second-order valence-electron chi connectivity index (χ2n) is 19.1. The molecule has 0 aliphatic carbocycles. The van der Waals surface area contributed by atoms with E-state index in [1.54, 1.807) is 127 Å². The molecule has 19 nitrogen and oxygen atoms in total. The molecular formula is C65H54O19. The first-order valence-electron chi connectivity index (χ1n) is 26.3. The third kappa shape index (κ3) is 14.5. The second-order valence-corrected chi connectivity index (χ2v) is 19.1. The van der Waals surface area contributed by atoms with Crippen molar-refractivity contribution in [1.82, 2.24) is 0 Å². The topological polar surface area (TPSA) is 238 Å². The van der Waals surface area contributed by atoms with E-state index in [0.717, 1.165) is 0 Å². The van der Waals surface area contributed by atoms with Gasteiger partial charge in [-0.05, 0) is 91.9 Å². The Morgan fingerprint density at radius 3 is 1.10 bits per heavy atom. The van der Waals surface area contributed by atoms with Gasteiger partial charge >= 0.3 is 47.8 Å². The molecule has 2 aliphatic rings. The van der Waals surface area contributed by atoms with Crippen molar-refractivity contribution in [1.29, 1.82) is 0 Å². The van der Waals surface area contributed by atoms with Gasteiger partial charge in [-0.25, -0.2) is 38.4 Å². The molecule has 19 heteroatoms. The lowest BCUT2D eigenvalue weighted by molar-refractivity contribution is -0.380. The van der Waals surface area contributed by atoms with Crippen LogP contribution in [0, 0.1) is 0 Å². The predicted octanol–water partition coefficient (Wildman–Crippen LogP) is 8.78. The Morgan fingerprint density at radius 1 is 0.381 bits per heavy atom. The van der Waals surface area contributed by atoms with Gasteiger partial charge in [-0.15, -0.1) is 0 Å². The zero-order valence-corrected chi connectivity index (χ0v) is 44.9. The molecule has 2 aliphatic heterocycles. The molecule has 0 saturated carbocycles. The molecule has 0 bridgehead atoms. The van der Waals surface area contributed by atoms with Crippen LogP contribution in [-0.4, -0.2) is 122 Å². The maximum atomic E-state index is 14.6. The first-order chi connectivity index (χ1) is 40.8. The molecule has 7 aromatic rings. The predicted molar refractivity (Wildman–Crippen MR) is 295 cm³/mol. The smallest absolute Gasteiger partial charge is 0.338 e. The zero-order chi connectivity index (χ0) is 59.0. The SMILES string of the molecule is C=C(C)C(=O)OC[C@H]1O[C@@](COC(=O)c2ccccc2)(O[C@H]2O[C@H](COC(=O)c3ccccc3)[C@@H](OC(=O)c3ccccc3)[C@H](OC(=O)c3ccccc3)[C@H]2OC(=O)c2ccccc2)[C@@H](OC(=O)c2ccccc2)[C@@H]1OC(=O)c1ccccc1. The summed E-state index contributed by atoms with van der Waals surface area (Å²) in [5, 5.41) is 0. The highest BCUT2D eigenvalue weighted by Gasteiger charge is 2.65. The van der Waals surface area contributed by atoms with Gasteiger partial charge in [-0.3, -0.25) is 0 Å². The average Bonchev–Trinajstić information content (AvgIpc) is 2.98. The standard InChI is InChI=1S/C65H54O19/c1-41(2)56(66)74-39-50-52(79-60(70)45-30-16-6-17-31-45)55(82-63(73)48-36-22-9-23-37-48)65(83-50,40-76-58(68)43-26-12-4-13-27-43)84-64-54(81-62(72)47-34-20-8-21-35-47)53(80-61(71)46-32-18-7-19-33-46)51(78-59(69)44-28-14-5-15-29-44)49(77-64)38-75-57(67)42-24-10-3-11-25-42/h3-37,49-55,64H,1,38-40H2,2H3/t49-,50-,51-,52-,53+,54-,55+,64-,65+/m1/s1. The van der Waals surface area contributed by atoms with Gasteiger partial charge in [0.15, 0.2) is 30.5 Å². The molecule has 428 valence electrons. The number of hydrogen-bond acceptors (Lipinski definition) is 19. The molecule has 7 aromatic carbocycles. The Hall–Kier alpha value is -10.1. The molecular weight excluding hydrogens is 1080 g/mol. The summed E-state index contributed by atoms with van der Waals surface area (Å²) in [5.41, 5.74) is -0.0378. The summed E-state index contributed by atoms with van der Waals surface area (Å²) in [6.07, 6.45) is -15.6. The van der Waals surface area contributed by atoms with Gasteiger partial charge in [0, 0.05) is 5.57 Å². The van der Waals surface area contributed by atoms with Gasteiger partial charge in [0.1, 0.15) is 32.0 Å². The number of ether oxygens (including phenoxy) is 11. The molecule has 0 unspecified atom stereocenters. The van der Waals surface area contributed by atoms with Crippen LogP contribution in [0.2, 0.25) is 0 Å². The quantitative estimate of drug-likeness (QED) is 0.0371. The van der Waals surface area contributed by atoms with E-state index >= 15 is 0 Å². The molecule has 9 atom stereocenters. The van der Waals surface area contributed by atoms with Crippen molar-refractivity contribution in [3.63, 3.8) is 0 Å². The summed E-state index contributed by atoms with van der Waals surface area (Å²) in [6, 6.07) is 53.5. The Morgan fingerprint density at radius 2 is 0.702 bits per heavy atom. The highest BCUT2D eigenvalue weighted by molar-refractivity contribution is 5.93. The van der Waals surface area contributed by atoms with Gasteiger partial charge in [-0.1, -0.05) is 134 Å². The molecule has 2 fully saturated rings. The van der Waals surface area contributed by atoms with Crippen molar-refractivity contribution in [3.8, 4) is 0 Å². The molecule has 2 saturated heterocycles. The average molecular weight is 1140 g/mol. The maximum Gasteiger partial charge on any atom is 0.338 e. The lowest BCUT2D eigenvalue weighted by atomic mass is 9.97. The van der Waals surface area contributed by atoms with Crippen molar-refractivity contribution in [3.05, 3.63) is 263 Å². The molecule has 0 spiro atoms. The van der Waals surface area contributed by atoms with Crippen LogP contribution in [0.25, 0.3) is 0 Å². The lowest BCUT2D eigenvalue weighted by Gasteiger charge is -2.46. The van der Waals surface area contributed by atoms with E-state index in [9.17, 15) is 38.4 Å². The van der Waals surface area contributed by atoms with Crippen molar-refractivity contribution >= 4 is 47.8 Å². The van der Waals surface area contributed by atoms with Crippen LogP contribution in [-0.2, 0) is 56.9 Å². The first-order valence-corrected chi connectivity index (χ1v) is 26.3. The van der Waals surface area contributed by atoms with E-state index in [1.165, 1.54) is 91.9 Å². The highest BCUT2D eigenvalue weighted by atomic mass is 16.8. The van der Waals surface area contributed by atoms with Crippen molar-refractivity contribution < 1.29 is 90.5 Å². The minimum atomic E-state index is -2.84. The van der Waals surface area contributed by atoms with Crippen LogP contribution in [0.3, 0.4) is 0 Å². The number of rotatable bonds is 21. The minimum absolute atomic E-state index is 0.00722. The monoisotopic (exact) mass is 1140 g/mol. The van der Waals surface area contributed by atoms with Crippen LogP contribution < -0.4 is 0 Å². The van der Waals surface area contributed by atoms with E-state index in [1.807, 2.05) is 0 Å². The van der Waals surface area contributed by atoms with Crippen molar-refractivity contribution in [2.24, 2.45) is 0 Å². The maximum absolute atomic E-state index is 14.6. The van der Waals surface area contributed by atoms with E-state index in [-0.39, 0.29) is 44.5 Å². The summed E-state index contributed by atoms with van der Waals surface area (Å²) in [4.78, 5) is 114.